The first-order chi connectivity index (χ1) is 11.8. The first-order valence-electron chi connectivity index (χ1n) is 7.99. The summed E-state index contributed by atoms with van der Waals surface area (Å²) in [5, 5.41) is 4.03. The molecule has 3 rings (SSSR count). The molecule has 0 unspecified atom stereocenters. The van der Waals surface area contributed by atoms with Crippen molar-refractivity contribution in [2.75, 3.05) is 0 Å². The van der Waals surface area contributed by atoms with Gasteiger partial charge in [0.2, 0.25) is 0 Å². The Labute approximate surface area is 151 Å². The maximum atomic E-state index is 12.2. The van der Waals surface area contributed by atoms with Crippen LogP contribution >= 0.6 is 12.2 Å². The summed E-state index contributed by atoms with van der Waals surface area (Å²) in [6, 6.07) is 13.4. The molecule has 1 aromatic heterocycles. The summed E-state index contributed by atoms with van der Waals surface area (Å²) in [5.41, 5.74) is 7.01. The number of aromatic nitrogens is 2. The number of carbonyl (C=O) groups is 1. The highest BCUT2D eigenvalue weighted by molar-refractivity contribution is 7.71. The van der Waals surface area contributed by atoms with E-state index in [1.54, 1.807) is 18.3 Å². The van der Waals surface area contributed by atoms with Crippen LogP contribution < -0.4 is 5.43 Å². The average molecular weight is 352 g/mol. The third kappa shape index (κ3) is 4.03. The molecule has 25 heavy (non-hydrogen) atoms. The van der Waals surface area contributed by atoms with Gasteiger partial charge in [-0.05, 0) is 47.0 Å². The normalized spacial score (nSPS) is 12.0. The van der Waals surface area contributed by atoms with Gasteiger partial charge in [0.05, 0.1) is 17.2 Å². The number of benzene rings is 2. The number of hydrogen-bond acceptors (Lipinski definition) is 3. The Morgan fingerprint density at radius 3 is 2.44 bits per heavy atom. The molecule has 1 heterocycles. The summed E-state index contributed by atoms with van der Waals surface area (Å²) in [7, 11) is 0. The van der Waals surface area contributed by atoms with Crippen LogP contribution in [0.4, 0.5) is 0 Å². The molecule has 128 valence electrons. The van der Waals surface area contributed by atoms with Gasteiger partial charge in [-0.1, -0.05) is 45.0 Å². The van der Waals surface area contributed by atoms with Gasteiger partial charge in [-0.3, -0.25) is 4.79 Å². The van der Waals surface area contributed by atoms with Crippen molar-refractivity contribution in [3.05, 3.63) is 63.9 Å². The van der Waals surface area contributed by atoms with E-state index in [0.29, 0.717) is 10.3 Å². The van der Waals surface area contributed by atoms with Gasteiger partial charge < -0.3 is 9.97 Å². The second-order valence-electron chi connectivity index (χ2n) is 6.91. The molecule has 2 aromatic carbocycles. The summed E-state index contributed by atoms with van der Waals surface area (Å²) in [6.45, 7) is 6.51. The zero-order chi connectivity index (χ0) is 18.0. The SMILES string of the molecule is CC(C)(C)c1ccc(/C=N\NC(=O)c2ccc3[nH]c(=S)[nH]c3c2)cc1. The number of carbonyl (C=O) groups excluding carboxylic acids is 1. The standard InChI is InChI=1S/C19H20N4OS/c1-19(2,3)14-7-4-12(5-8-14)11-20-23-17(24)13-6-9-15-16(10-13)22-18(25)21-15/h4-11H,1-3H3,(H,23,24)(H2,21,22,25)/b20-11-. The number of nitrogens with zero attached hydrogens (tertiary/aromatic N) is 1. The molecule has 0 spiro atoms. The predicted molar refractivity (Wildman–Crippen MR) is 104 cm³/mol. The number of aromatic amines is 2. The van der Waals surface area contributed by atoms with Crippen LogP contribution in [0.3, 0.4) is 0 Å². The van der Waals surface area contributed by atoms with E-state index in [1.165, 1.54) is 5.56 Å². The van der Waals surface area contributed by atoms with Gasteiger partial charge in [-0.2, -0.15) is 5.10 Å². The van der Waals surface area contributed by atoms with E-state index in [1.807, 2.05) is 18.2 Å². The number of hydrogen-bond donors (Lipinski definition) is 3. The molecule has 0 radical (unpaired) electrons. The smallest absolute Gasteiger partial charge is 0.271 e. The van der Waals surface area contributed by atoms with Gasteiger partial charge in [0.25, 0.3) is 5.91 Å². The molecular weight excluding hydrogens is 332 g/mol. The van der Waals surface area contributed by atoms with Gasteiger partial charge >= 0.3 is 0 Å². The highest BCUT2D eigenvalue weighted by Crippen LogP contribution is 2.21. The lowest BCUT2D eigenvalue weighted by Crippen LogP contribution is -2.17. The second-order valence-corrected chi connectivity index (χ2v) is 7.32. The molecule has 0 saturated carbocycles. The zero-order valence-corrected chi connectivity index (χ0v) is 15.2. The molecule has 1 amide bonds. The van der Waals surface area contributed by atoms with Crippen molar-refractivity contribution in [2.45, 2.75) is 26.2 Å². The fourth-order valence-electron chi connectivity index (χ4n) is 2.47. The highest BCUT2D eigenvalue weighted by Gasteiger charge is 2.12. The van der Waals surface area contributed by atoms with Crippen molar-refractivity contribution in [3.63, 3.8) is 0 Å². The molecule has 0 aliphatic rings. The number of imidazole rings is 1. The monoisotopic (exact) mass is 352 g/mol. The van der Waals surface area contributed by atoms with Crippen molar-refractivity contribution in [1.82, 2.24) is 15.4 Å². The number of nitrogens with one attached hydrogen (secondary N) is 3. The van der Waals surface area contributed by atoms with Gasteiger partial charge in [0.15, 0.2) is 4.77 Å². The summed E-state index contributed by atoms with van der Waals surface area (Å²) >= 11 is 5.04. The lowest BCUT2D eigenvalue weighted by Gasteiger charge is -2.18. The van der Waals surface area contributed by atoms with Crippen molar-refractivity contribution in [2.24, 2.45) is 5.10 Å². The Hall–Kier alpha value is -2.73. The first kappa shape index (κ1) is 17.1. The molecule has 5 nitrogen and oxygen atoms in total. The van der Waals surface area contributed by atoms with E-state index in [0.717, 1.165) is 16.6 Å². The van der Waals surface area contributed by atoms with Crippen LogP contribution in [0.1, 0.15) is 42.3 Å². The molecule has 0 aliphatic carbocycles. The number of H-pyrrole nitrogens is 2. The molecule has 3 aromatic rings. The lowest BCUT2D eigenvalue weighted by molar-refractivity contribution is 0.0955. The number of hydrazone groups is 1. The topological polar surface area (TPSA) is 73.0 Å². The van der Waals surface area contributed by atoms with Crippen molar-refractivity contribution < 1.29 is 4.79 Å². The largest absolute Gasteiger partial charge is 0.331 e. The minimum Gasteiger partial charge on any atom is -0.331 e. The molecule has 0 saturated heterocycles. The van der Waals surface area contributed by atoms with Crippen LogP contribution in [0.2, 0.25) is 0 Å². The number of fused-ring (bicyclic) bond motifs is 1. The third-order valence-electron chi connectivity index (χ3n) is 3.93. The van der Waals surface area contributed by atoms with Gasteiger partial charge in [0.1, 0.15) is 0 Å². The van der Waals surface area contributed by atoms with E-state index in [2.05, 4.69) is 53.4 Å². The van der Waals surface area contributed by atoms with E-state index in [-0.39, 0.29) is 11.3 Å². The summed E-state index contributed by atoms with van der Waals surface area (Å²) in [5.74, 6) is -0.273. The van der Waals surface area contributed by atoms with Gasteiger partial charge in [-0.15, -0.1) is 0 Å². The minimum absolute atomic E-state index is 0.114. The molecule has 0 bridgehead atoms. The van der Waals surface area contributed by atoms with E-state index in [9.17, 15) is 4.79 Å². The molecule has 0 fully saturated rings. The Kier molecular flexibility index (Phi) is 4.55. The highest BCUT2D eigenvalue weighted by atomic mass is 32.1. The number of amides is 1. The molecule has 6 heteroatoms. The Bertz CT molecular complexity index is 991. The van der Waals surface area contributed by atoms with E-state index in [4.69, 9.17) is 12.2 Å². The molecule has 0 atom stereocenters. The predicted octanol–water partition coefficient (Wildman–Crippen LogP) is 4.29. The Morgan fingerprint density at radius 1 is 1.08 bits per heavy atom. The van der Waals surface area contributed by atoms with E-state index >= 15 is 0 Å². The van der Waals surface area contributed by atoms with Crippen LogP contribution in [0, 0.1) is 4.77 Å². The fraction of sp³-hybridized carbons (Fsp3) is 0.211. The van der Waals surface area contributed by atoms with Crippen LogP contribution in [-0.2, 0) is 5.41 Å². The van der Waals surface area contributed by atoms with Crippen LogP contribution in [0.25, 0.3) is 11.0 Å². The lowest BCUT2D eigenvalue weighted by atomic mass is 9.87. The molecular formula is C19H20N4OS. The van der Waals surface area contributed by atoms with Crippen molar-refractivity contribution in [3.8, 4) is 0 Å². The number of rotatable bonds is 3. The van der Waals surface area contributed by atoms with Crippen molar-refractivity contribution >= 4 is 35.4 Å². The molecule has 0 aliphatic heterocycles. The van der Waals surface area contributed by atoms with Gasteiger partial charge in [0, 0.05) is 5.56 Å². The van der Waals surface area contributed by atoms with Gasteiger partial charge in [-0.25, -0.2) is 5.43 Å². The Morgan fingerprint density at radius 2 is 1.76 bits per heavy atom. The van der Waals surface area contributed by atoms with Crippen LogP contribution in [-0.4, -0.2) is 22.1 Å². The third-order valence-corrected chi connectivity index (χ3v) is 4.14. The van der Waals surface area contributed by atoms with E-state index < -0.39 is 0 Å². The van der Waals surface area contributed by atoms with Crippen molar-refractivity contribution in [1.29, 1.82) is 0 Å². The zero-order valence-electron chi connectivity index (χ0n) is 14.4. The Balaban J connectivity index is 1.68. The van der Waals surface area contributed by atoms with Crippen LogP contribution in [0.15, 0.2) is 47.6 Å². The summed E-state index contributed by atoms with van der Waals surface area (Å²) in [4.78, 5) is 18.2. The minimum atomic E-state index is -0.273. The van der Waals surface area contributed by atoms with Crippen LogP contribution in [0.5, 0.6) is 0 Å². The maximum absolute atomic E-state index is 12.2. The quantitative estimate of drug-likeness (QED) is 0.374. The molecule has 3 N–H and O–H groups in total. The second kappa shape index (κ2) is 6.64. The fourth-order valence-corrected chi connectivity index (χ4v) is 2.69. The average Bonchev–Trinajstić information content (AvgIpc) is 2.93. The maximum Gasteiger partial charge on any atom is 0.271 e. The summed E-state index contributed by atoms with van der Waals surface area (Å²) in [6.07, 6.45) is 1.63. The summed E-state index contributed by atoms with van der Waals surface area (Å²) < 4.78 is 0.532. The first-order valence-corrected chi connectivity index (χ1v) is 8.40.